The van der Waals surface area contributed by atoms with Gasteiger partial charge in [-0.05, 0) is 69.0 Å². The largest absolute Gasteiger partial charge is 0.303 e. The lowest BCUT2D eigenvalue weighted by Crippen LogP contribution is -2.39. The van der Waals surface area contributed by atoms with Crippen molar-refractivity contribution in [1.82, 2.24) is 14.7 Å². The highest BCUT2D eigenvalue weighted by Crippen LogP contribution is 2.24. The Balaban J connectivity index is 1.30. The minimum atomic E-state index is -2.78. The van der Waals surface area contributed by atoms with Gasteiger partial charge in [-0.25, -0.2) is 13.1 Å². The standard InChI is InChI=1S/C18H27N3O3S/c22-18-10-16-2-1-3-17(16)19-21(18)12-14-4-7-20(8-5-14)11-15-6-9-25(23,24)13-15/h10,14-15H,1-9,11-13H2. The summed E-state index contributed by atoms with van der Waals surface area (Å²) in [7, 11) is -2.78. The number of nitrogens with zero attached hydrogens (tertiary/aromatic N) is 3. The molecule has 2 fully saturated rings. The van der Waals surface area contributed by atoms with Crippen molar-refractivity contribution in [3.63, 3.8) is 0 Å². The van der Waals surface area contributed by atoms with Crippen LogP contribution < -0.4 is 5.56 Å². The predicted molar refractivity (Wildman–Crippen MR) is 96.4 cm³/mol. The Morgan fingerprint density at radius 3 is 2.60 bits per heavy atom. The Morgan fingerprint density at radius 2 is 1.88 bits per heavy atom. The van der Waals surface area contributed by atoms with Crippen molar-refractivity contribution in [3.05, 3.63) is 27.7 Å². The lowest BCUT2D eigenvalue weighted by atomic mass is 9.95. The highest BCUT2D eigenvalue weighted by molar-refractivity contribution is 7.91. The third-order valence-electron chi connectivity index (χ3n) is 6.01. The van der Waals surface area contributed by atoms with Crippen LogP contribution >= 0.6 is 0 Å². The fraction of sp³-hybridized carbons (Fsp3) is 0.778. The molecule has 2 saturated heterocycles. The molecule has 3 heterocycles. The Morgan fingerprint density at radius 1 is 1.08 bits per heavy atom. The van der Waals surface area contributed by atoms with Crippen molar-refractivity contribution < 1.29 is 8.42 Å². The second kappa shape index (κ2) is 6.83. The summed E-state index contributed by atoms with van der Waals surface area (Å²) in [6, 6.07) is 1.78. The summed E-state index contributed by atoms with van der Waals surface area (Å²) in [5, 5.41) is 4.59. The molecule has 1 unspecified atom stereocenters. The molecule has 138 valence electrons. The molecule has 1 aromatic rings. The van der Waals surface area contributed by atoms with Crippen LogP contribution in [0.25, 0.3) is 0 Å². The lowest BCUT2D eigenvalue weighted by molar-refractivity contribution is 0.153. The molecule has 0 N–H and O–H groups in total. The van der Waals surface area contributed by atoms with Crippen LogP contribution in [0.5, 0.6) is 0 Å². The summed E-state index contributed by atoms with van der Waals surface area (Å²) in [4.78, 5) is 14.6. The van der Waals surface area contributed by atoms with E-state index in [1.807, 2.05) is 0 Å². The van der Waals surface area contributed by atoms with E-state index in [4.69, 9.17) is 0 Å². The monoisotopic (exact) mass is 365 g/mol. The Bertz CT molecular complexity index is 794. The molecule has 0 amide bonds. The maximum Gasteiger partial charge on any atom is 0.267 e. The number of aromatic nitrogens is 2. The van der Waals surface area contributed by atoms with Crippen LogP contribution in [-0.4, -0.2) is 54.2 Å². The number of rotatable bonds is 4. The van der Waals surface area contributed by atoms with Crippen LogP contribution in [0, 0.1) is 11.8 Å². The average Bonchev–Trinajstić information content (AvgIpc) is 3.15. The second-order valence-electron chi connectivity index (χ2n) is 8.00. The SMILES string of the molecule is O=c1cc2c(nn1CC1CCN(CC3CCS(=O)(=O)C3)CC1)CCC2. The fourth-order valence-electron chi connectivity index (χ4n) is 4.55. The maximum atomic E-state index is 12.2. The molecule has 0 aromatic carbocycles. The summed E-state index contributed by atoms with van der Waals surface area (Å²) >= 11 is 0. The van der Waals surface area contributed by atoms with Crippen molar-refractivity contribution in [3.8, 4) is 0 Å². The van der Waals surface area contributed by atoms with Gasteiger partial charge in [0.15, 0.2) is 9.84 Å². The number of hydrogen-bond acceptors (Lipinski definition) is 5. The van der Waals surface area contributed by atoms with Gasteiger partial charge in [-0.3, -0.25) is 4.79 Å². The molecule has 6 nitrogen and oxygen atoms in total. The molecule has 0 bridgehead atoms. The first-order valence-corrected chi connectivity index (χ1v) is 11.3. The van der Waals surface area contributed by atoms with Gasteiger partial charge in [0.05, 0.1) is 17.2 Å². The van der Waals surface area contributed by atoms with Gasteiger partial charge in [-0.1, -0.05) is 0 Å². The van der Waals surface area contributed by atoms with Gasteiger partial charge in [-0.15, -0.1) is 0 Å². The van der Waals surface area contributed by atoms with E-state index in [1.54, 1.807) is 10.7 Å². The number of fused-ring (bicyclic) bond motifs is 1. The zero-order valence-electron chi connectivity index (χ0n) is 14.7. The van der Waals surface area contributed by atoms with Gasteiger partial charge in [-0.2, -0.15) is 5.10 Å². The summed E-state index contributed by atoms with van der Waals surface area (Å²) in [6.07, 6.45) is 6.04. The van der Waals surface area contributed by atoms with Gasteiger partial charge in [0.2, 0.25) is 0 Å². The molecule has 0 spiro atoms. The molecule has 1 aromatic heterocycles. The molecule has 2 aliphatic heterocycles. The normalized spacial score (nSPS) is 26.8. The van der Waals surface area contributed by atoms with Crippen molar-refractivity contribution in [1.29, 1.82) is 0 Å². The molecule has 25 heavy (non-hydrogen) atoms. The van der Waals surface area contributed by atoms with Gasteiger partial charge in [0.25, 0.3) is 5.56 Å². The molecular weight excluding hydrogens is 338 g/mol. The van der Waals surface area contributed by atoms with E-state index in [1.165, 1.54) is 0 Å². The highest BCUT2D eigenvalue weighted by atomic mass is 32.2. The average molecular weight is 365 g/mol. The Kier molecular flexibility index (Phi) is 4.71. The second-order valence-corrected chi connectivity index (χ2v) is 10.2. The van der Waals surface area contributed by atoms with Crippen molar-refractivity contribution in [2.45, 2.75) is 45.1 Å². The van der Waals surface area contributed by atoms with E-state index < -0.39 is 9.84 Å². The minimum Gasteiger partial charge on any atom is -0.303 e. The molecular formula is C18H27N3O3S. The van der Waals surface area contributed by atoms with Crippen LogP contribution in [-0.2, 0) is 29.2 Å². The van der Waals surface area contributed by atoms with E-state index in [0.29, 0.717) is 23.3 Å². The first kappa shape index (κ1) is 17.2. The summed E-state index contributed by atoms with van der Waals surface area (Å²) in [6.45, 7) is 3.63. The zero-order chi connectivity index (χ0) is 17.4. The predicted octanol–water partition coefficient (Wildman–Crippen LogP) is 0.879. The number of piperidine rings is 1. The molecule has 4 rings (SSSR count). The molecule has 3 aliphatic rings. The van der Waals surface area contributed by atoms with Gasteiger partial charge in [0.1, 0.15) is 0 Å². The molecule has 7 heteroatoms. The lowest BCUT2D eigenvalue weighted by Gasteiger charge is -2.33. The number of aryl methyl sites for hydroxylation is 2. The van der Waals surface area contributed by atoms with Crippen LogP contribution in [0.4, 0.5) is 0 Å². The van der Waals surface area contributed by atoms with Gasteiger partial charge < -0.3 is 4.90 Å². The molecule has 1 aliphatic carbocycles. The first-order valence-electron chi connectivity index (χ1n) is 9.51. The van der Waals surface area contributed by atoms with Gasteiger partial charge in [0, 0.05) is 19.2 Å². The van der Waals surface area contributed by atoms with Crippen LogP contribution in [0.2, 0.25) is 0 Å². The summed E-state index contributed by atoms with van der Waals surface area (Å²) in [5.41, 5.74) is 2.29. The summed E-state index contributed by atoms with van der Waals surface area (Å²) in [5.74, 6) is 1.53. The van der Waals surface area contributed by atoms with Crippen molar-refractivity contribution in [2.75, 3.05) is 31.1 Å². The van der Waals surface area contributed by atoms with Gasteiger partial charge >= 0.3 is 0 Å². The van der Waals surface area contributed by atoms with Crippen LogP contribution in [0.1, 0.15) is 36.9 Å². The van der Waals surface area contributed by atoms with E-state index in [-0.39, 0.29) is 5.56 Å². The topological polar surface area (TPSA) is 72.3 Å². The molecule has 0 radical (unpaired) electrons. The fourth-order valence-corrected chi connectivity index (χ4v) is 6.40. The van der Waals surface area contributed by atoms with Crippen LogP contribution in [0.3, 0.4) is 0 Å². The Labute approximate surface area is 149 Å². The maximum absolute atomic E-state index is 12.2. The summed E-state index contributed by atoms with van der Waals surface area (Å²) < 4.78 is 24.9. The van der Waals surface area contributed by atoms with Crippen molar-refractivity contribution in [2.24, 2.45) is 11.8 Å². The van der Waals surface area contributed by atoms with Crippen molar-refractivity contribution >= 4 is 9.84 Å². The Hall–Kier alpha value is -1.21. The molecule has 1 atom stereocenters. The number of hydrogen-bond donors (Lipinski definition) is 0. The smallest absolute Gasteiger partial charge is 0.267 e. The highest BCUT2D eigenvalue weighted by Gasteiger charge is 2.30. The van der Waals surface area contributed by atoms with E-state index in [2.05, 4.69) is 10.00 Å². The molecule has 0 saturated carbocycles. The third kappa shape index (κ3) is 3.97. The first-order chi connectivity index (χ1) is 12.0. The van der Waals surface area contributed by atoms with E-state index in [0.717, 1.165) is 76.0 Å². The van der Waals surface area contributed by atoms with E-state index >= 15 is 0 Å². The van der Waals surface area contributed by atoms with E-state index in [9.17, 15) is 13.2 Å². The number of sulfone groups is 1. The minimum absolute atomic E-state index is 0.0410. The third-order valence-corrected chi connectivity index (χ3v) is 7.84. The quantitative estimate of drug-likeness (QED) is 0.792. The number of likely N-dealkylation sites (tertiary alicyclic amines) is 1. The van der Waals surface area contributed by atoms with Crippen LogP contribution in [0.15, 0.2) is 10.9 Å². The zero-order valence-corrected chi connectivity index (χ0v) is 15.5.